The summed E-state index contributed by atoms with van der Waals surface area (Å²) in [6.07, 6.45) is 1.78. The van der Waals surface area contributed by atoms with Crippen molar-refractivity contribution >= 4 is 23.4 Å². The summed E-state index contributed by atoms with van der Waals surface area (Å²) in [6, 6.07) is 15.3. The molecule has 0 bridgehead atoms. The van der Waals surface area contributed by atoms with Crippen LogP contribution < -0.4 is 15.5 Å². The maximum atomic E-state index is 13.3. The maximum absolute atomic E-state index is 13.3. The van der Waals surface area contributed by atoms with Crippen LogP contribution in [0.4, 0.5) is 5.69 Å². The molecule has 0 radical (unpaired) electrons. The molecule has 0 saturated heterocycles. The van der Waals surface area contributed by atoms with E-state index in [0.29, 0.717) is 5.16 Å². The minimum absolute atomic E-state index is 0.0785. The van der Waals surface area contributed by atoms with E-state index in [9.17, 15) is 4.79 Å². The van der Waals surface area contributed by atoms with Gasteiger partial charge in [0.15, 0.2) is 5.82 Å². The predicted molar refractivity (Wildman–Crippen MR) is 119 cm³/mol. The standard InChI is InChI=1S/C22H25N5O2S/c1-4-6-18-24-25-22-27(18)26-19(15-9-11-17(29-3)12-10-15)20(30-22)21(28)23-16-8-5-7-14(2)13-16/h5,7-13,19-20,26H,4,6H2,1-3H3,(H,23,28)/t19-,20-/m1/s1. The fraction of sp³-hybridized carbons (Fsp3) is 0.318. The van der Waals surface area contributed by atoms with Gasteiger partial charge in [0.2, 0.25) is 11.1 Å². The Bertz CT molecular complexity index is 1030. The molecular formula is C22H25N5O2S. The summed E-state index contributed by atoms with van der Waals surface area (Å²) in [5.41, 5.74) is 6.36. The summed E-state index contributed by atoms with van der Waals surface area (Å²) in [5.74, 6) is 1.57. The van der Waals surface area contributed by atoms with E-state index < -0.39 is 5.25 Å². The van der Waals surface area contributed by atoms with E-state index in [-0.39, 0.29) is 11.9 Å². The summed E-state index contributed by atoms with van der Waals surface area (Å²) in [5, 5.41) is 12.0. The Kier molecular flexibility index (Phi) is 5.94. The number of aryl methyl sites for hydroxylation is 2. The molecule has 2 heterocycles. The first kappa shape index (κ1) is 20.3. The molecule has 2 N–H and O–H groups in total. The summed E-state index contributed by atoms with van der Waals surface area (Å²) >= 11 is 1.43. The molecule has 4 rings (SSSR count). The second-order valence-electron chi connectivity index (χ2n) is 7.26. The zero-order chi connectivity index (χ0) is 21.1. The molecule has 0 saturated carbocycles. The number of hydrogen-bond acceptors (Lipinski definition) is 6. The normalized spacial score (nSPS) is 17.7. The largest absolute Gasteiger partial charge is 0.497 e. The first-order valence-corrected chi connectivity index (χ1v) is 10.9. The molecule has 0 spiro atoms. The molecule has 30 heavy (non-hydrogen) atoms. The lowest BCUT2D eigenvalue weighted by Crippen LogP contribution is -2.41. The Balaban J connectivity index is 1.66. The van der Waals surface area contributed by atoms with E-state index in [4.69, 9.17) is 4.74 Å². The molecule has 1 aromatic heterocycles. The van der Waals surface area contributed by atoms with Crippen LogP contribution in [0, 0.1) is 6.92 Å². The molecule has 2 aromatic carbocycles. The number of fused-ring (bicyclic) bond motifs is 1. The Morgan fingerprint density at radius 1 is 1.23 bits per heavy atom. The number of methoxy groups -OCH3 is 1. The highest BCUT2D eigenvalue weighted by Gasteiger charge is 2.37. The van der Waals surface area contributed by atoms with Crippen LogP contribution in [0.5, 0.6) is 5.75 Å². The van der Waals surface area contributed by atoms with E-state index in [0.717, 1.165) is 41.2 Å². The molecule has 8 heteroatoms. The van der Waals surface area contributed by atoms with Crippen LogP contribution in [0.1, 0.15) is 36.3 Å². The second-order valence-corrected chi connectivity index (χ2v) is 8.37. The zero-order valence-electron chi connectivity index (χ0n) is 17.3. The quantitative estimate of drug-likeness (QED) is 0.625. The number of thioether (sulfide) groups is 1. The third kappa shape index (κ3) is 4.14. The monoisotopic (exact) mass is 423 g/mol. The van der Waals surface area contributed by atoms with Gasteiger partial charge in [-0.1, -0.05) is 43.0 Å². The first-order valence-electron chi connectivity index (χ1n) is 9.98. The maximum Gasteiger partial charge on any atom is 0.240 e. The zero-order valence-corrected chi connectivity index (χ0v) is 18.1. The number of rotatable bonds is 6. The van der Waals surface area contributed by atoms with Gasteiger partial charge in [-0.25, -0.2) is 4.68 Å². The van der Waals surface area contributed by atoms with Crippen LogP contribution in [0.3, 0.4) is 0 Å². The number of aromatic nitrogens is 3. The number of ether oxygens (including phenoxy) is 1. The number of amides is 1. The van der Waals surface area contributed by atoms with E-state index in [1.54, 1.807) is 7.11 Å². The number of hydrogen-bond donors (Lipinski definition) is 2. The highest BCUT2D eigenvalue weighted by atomic mass is 32.2. The van der Waals surface area contributed by atoms with Crippen LogP contribution in [-0.4, -0.2) is 33.1 Å². The fourth-order valence-electron chi connectivity index (χ4n) is 3.48. The summed E-state index contributed by atoms with van der Waals surface area (Å²) in [6.45, 7) is 4.11. The van der Waals surface area contributed by atoms with Crippen molar-refractivity contribution in [1.29, 1.82) is 0 Å². The average molecular weight is 424 g/mol. The number of carbonyl (C=O) groups is 1. The van der Waals surface area contributed by atoms with Crippen molar-refractivity contribution in [2.24, 2.45) is 0 Å². The van der Waals surface area contributed by atoms with Crippen molar-refractivity contribution in [3.05, 3.63) is 65.5 Å². The van der Waals surface area contributed by atoms with Gasteiger partial charge >= 0.3 is 0 Å². The highest BCUT2D eigenvalue weighted by Crippen LogP contribution is 2.38. The van der Waals surface area contributed by atoms with Gasteiger partial charge in [0.1, 0.15) is 11.0 Å². The molecule has 3 aromatic rings. The second kappa shape index (κ2) is 8.79. The lowest BCUT2D eigenvalue weighted by Gasteiger charge is -2.33. The van der Waals surface area contributed by atoms with Crippen LogP contribution in [-0.2, 0) is 11.2 Å². The van der Waals surface area contributed by atoms with E-state index in [1.165, 1.54) is 11.8 Å². The topological polar surface area (TPSA) is 81.1 Å². The third-order valence-electron chi connectivity index (χ3n) is 5.00. The Morgan fingerprint density at radius 3 is 2.73 bits per heavy atom. The smallest absolute Gasteiger partial charge is 0.240 e. The number of benzene rings is 2. The Hall–Kier alpha value is -3.00. The van der Waals surface area contributed by atoms with Gasteiger partial charge in [-0.15, -0.1) is 10.2 Å². The summed E-state index contributed by atoms with van der Waals surface area (Å²) < 4.78 is 7.20. The first-order chi connectivity index (χ1) is 14.6. The minimum Gasteiger partial charge on any atom is -0.497 e. The van der Waals surface area contributed by atoms with Crippen molar-refractivity contribution in [3.63, 3.8) is 0 Å². The summed E-state index contributed by atoms with van der Waals surface area (Å²) in [4.78, 5) is 13.3. The number of nitrogens with one attached hydrogen (secondary N) is 2. The molecule has 0 unspecified atom stereocenters. The highest BCUT2D eigenvalue weighted by molar-refractivity contribution is 8.00. The molecule has 1 aliphatic heterocycles. The molecule has 156 valence electrons. The lowest BCUT2D eigenvalue weighted by molar-refractivity contribution is -0.116. The van der Waals surface area contributed by atoms with E-state index >= 15 is 0 Å². The Labute approximate surface area is 180 Å². The van der Waals surface area contributed by atoms with Crippen LogP contribution in [0.2, 0.25) is 0 Å². The Morgan fingerprint density at radius 2 is 2.03 bits per heavy atom. The molecule has 1 amide bonds. The fourth-order valence-corrected chi connectivity index (χ4v) is 4.58. The van der Waals surface area contributed by atoms with Gasteiger partial charge < -0.3 is 15.5 Å². The van der Waals surface area contributed by atoms with Crippen LogP contribution >= 0.6 is 11.8 Å². The van der Waals surface area contributed by atoms with E-state index in [1.807, 2.05) is 60.1 Å². The van der Waals surface area contributed by atoms with E-state index in [2.05, 4.69) is 27.9 Å². The van der Waals surface area contributed by atoms with Gasteiger partial charge in [0.05, 0.1) is 13.2 Å². The molecule has 0 aliphatic carbocycles. The molecule has 1 aliphatic rings. The van der Waals surface area contributed by atoms with Gasteiger partial charge in [0, 0.05) is 12.1 Å². The van der Waals surface area contributed by atoms with Crippen molar-refractivity contribution in [3.8, 4) is 5.75 Å². The third-order valence-corrected chi connectivity index (χ3v) is 6.21. The van der Waals surface area contributed by atoms with Gasteiger partial charge in [-0.3, -0.25) is 4.79 Å². The lowest BCUT2D eigenvalue weighted by atomic mass is 10.0. The number of carbonyl (C=O) groups excluding carboxylic acids is 1. The van der Waals surface area contributed by atoms with Gasteiger partial charge in [-0.05, 0) is 48.7 Å². The van der Waals surface area contributed by atoms with Crippen molar-refractivity contribution < 1.29 is 9.53 Å². The predicted octanol–water partition coefficient (Wildman–Crippen LogP) is 3.95. The van der Waals surface area contributed by atoms with Crippen molar-refractivity contribution in [2.75, 3.05) is 17.9 Å². The average Bonchev–Trinajstić information content (AvgIpc) is 3.15. The van der Waals surface area contributed by atoms with Gasteiger partial charge in [0.25, 0.3) is 0 Å². The van der Waals surface area contributed by atoms with Gasteiger partial charge in [-0.2, -0.15) is 0 Å². The van der Waals surface area contributed by atoms with Crippen LogP contribution in [0.15, 0.2) is 53.7 Å². The number of anilines is 1. The van der Waals surface area contributed by atoms with Crippen LogP contribution in [0.25, 0.3) is 0 Å². The minimum atomic E-state index is -0.412. The van der Waals surface area contributed by atoms with Crippen molar-refractivity contribution in [2.45, 2.75) is 43.1 Å². The molecule has 2 atom stereocenters. The molecule has 7 nitrogen and oxygen atoms in total. The van der Waals surface area contributed by atoms with Crippen molar-refractivity contribution in [1.82, 2.24) is 14.9 Å². The SMILES string of the molecule is CCCc1nnc2n1N[C@H](c1ccc(OC)cc1)[C@H](C(=O)Nc1cccc(C)c1)S2. The molecular weight excluding hydrogens is 398 g/mol. The number of nitrogens with zero attached hydrogens (tertiary/aromatic N) is 3. The molecule has 0 fully saturated rings. The summed E-state index contributed by atoms with van der Waals surface area (Å²) in [7, 11) is 1.64.